The molecule has 1 aromatic heterocycles. The number of hydrogen-bond acceptors (Lipinski definition) is 5. The number of aromatic hydroxyl groups is 1. The lowest BCUT2D eigenvalue weighted by atomic mass is 10.2. The summed E-state index contributed by atoms with van der Waals surface area (Å²) >= 11 is 0. The lowest BCUT2D eigenvalue weighted by molar-refractivity contribution is 0.370. The topological polar surface area (TPSA) is 86.0 Å². The van der Waals surface area contributed by atoms with Crippen molar-refractivity contribution < 1.29 is 5.11 Å². The van der Waals surface area contributed by atoms with Crippen LogP contribution in [0.4, 0.5) is 5.82 Å². The van der Waals surface area contributed by atoms with Gasteiger partial charge in [-0.25, -0.2) is 9.98 Å². The van der Waals surface area contributed by atoms with Crippen molar-refractivity contribution in [3.05, 3.63) is 52.6 Å². The van der Waals surface area contributed by atoms with Gasteiger partial charge in [-0.2, -0.15) is 0 Å². The summed E-state index contributed by atoms with van der Waals surface area (Å²) in [6.45, 7) is 6.34. The molecule has 1 saturated heterocycles. The molecule has 0 bridgehead atoms. The Morgan fingerprint density at radius 1 is 1.21 bits per heavy atom. The molecule has 0 unspecified atom stereocenters. The molecule has 2 N–H and O–H groups in total. The number of aryl methyl sites for hydroxylation is 1. The number of aromatic nitrogens is 2. The largest absolute Gasteiger partial charge is 0.508 e. The van der Waals surface area contributed by atoms with Crippen molar-refractivity contribution in [1.29, 1.82) is 0 Å². The molecule has 1 aliphatic rings. The van der Waals surface area contributed by atoms with Crippen molar-refractivity contribution in [3.63, 3.8) is 0 Å². The van der Waals surface area contributed by atoms with Gasteiger partial charge in [0.2, 0.25) is 0 Å². The van der Waals surface area contributed by atoms with Crippen molar-refractivity contribution in [1.82, 2.24) is 19.8 Å². The summed E-state index contributed by atoms with van der Waals surface area (Å²) < 4.78 is 1.55. The van der Waals surface area contributed by atoms with E-state index in [9.17, 15) is 9.90 Å². The van der Waals surface area contributed by atoms with E-state index in [1.165, 1.54) is 0 Å². The number of anilines is 1. The van der Waals surface area contributed by atoms with Crippen molar-refractivity contribution in [2.75, 3.05) is 37.6 Å². The van der Waals surface area contributed by atoms with Crippen molar-refractivity contribution in [3.8, 4) is 5.75 Å². The van der Waals surface area contributed by atoms with E-state index in [2.05, 4.69) is 15.2 Å². The first-order valence-electron chi connectivity index (χ1n) is 9.16. The SMILES string of the molecule is CCNC(=NCc1ccc(O)cc1)N1CCN(c2nccn(C)c2=O)CC1.I. The van der Waals surface area contributed by atoms with Crippen molar-refractivity contribution >= 4 is 35.8 Å². The number of halogens is 1. The van der Waals surface area contributed by atoms with Crippen LogP contribution in [0.5, 0.6) is 5.75 Å². The molecule has 3 rings (SSSR count). The number of nitrogens with one attached hydrogen (secondary N) is 1. The van der Waals surface area contributed by atoms with E-state index in [1.54, 1.807) is 36.1 Å². The predicted molar refractivity (Wildman–Crippen MR) is 122 cm³/mol. The number of phenolic OH excluding ortho intramolecular Hbond substituents is 1. The van der Waals surface area contributed by atoms with Crippen LogP contribution in [0.2, 0.25) is 0 Å². The van der Waals surface area contributed by atoms with E-state index in [0.717, 1.165) is 44.2 Å². The summed E-state index contributed by atoms with van der Waals surface area (Å²) in [7, 11) is 1.74. The molecule has 0 spiro atoms. The number of aliphatic imine (C=N–C) groups is 1. The Balaban J connectivity index is 0.00000280. The Morgan fingerprint density at radius 2 is 1.89 bits per heavy atom. The number of piperazine rings is 1. The summed E-state index contributed by atoms with van der Waals surface area (Å²) in [6, 6.07) is 7.09. The fraction of sp³-hybridized carbons (Fsp3) is 0.421. The van der Waals surface area contributed by atoms with Crippen molar-refractivity contribution in [2.45, 2.75) is 13.5 Å². The highest BCUT2D eigenvalue weighted by Gasteiger charge is 2.22. The van der Waals surface area contributed by atoms with Gasteiger partial charge in [0.25, 0.3) is 5.56 Å². The van der Waals surface area contributed by atoms with Gasteiger partial charge >= 0.3 is 0 Å². The molecule has 2 aromatic rings. The number of guanidine groups is 1. The average Bonchev–Trinajstić information content (AvgIpc) is 2.69. The molecule has 1 fully saturated rings. The fourth-order valence-electron chi connectivity index (χ4n) is 3.02. The fourth-order valence-corrected chi connectivity index (χ4v) is 3.02. The molecule has 2 heterocycles. The number of phenols is 1. The van der Waals surface area contributed by atoms with Crippen LogP contribution in [0.3, 0.4) is 0 Å². The zero-order valence-corrected chi connectivity index (χ0v) is 18.5. The second-order valence-corrected chi connectivity index (χ2v) is 6.48. The predicted octanol–water partition coefficient (Wildman–Crippen LogP) is 1.39. The van der Waals surface area contributed by atoms with Gasteiger partial charge in [-0.1, -0.05) is 12.1 Å². The Morgan fingerprint density at radius 3 is 2.54 bits per heavy atom. The second-order valence-electron chi connectivity index (χ2n) is 6.48. The third-order valence-electron chi connectivity index (χ3n) is 4.56. The first-order valence-corrected chi connectivity index (χ1v) is 9.16. The Kier molecular flexibility index (Phi) is 8.09. The zero-order valence-electron chi connectivity index (χ0n) is 16.2. The Bertz CT molecular complexity index is 844. The number of nitrogens with zero attached hydrogens (tertiary/aromatic N) is 5. The van der Waals surface area contributed by atoms with E-state index in [4.69, 9.17) is 4.99 Å². The minimum absolute atomic E-state index is 0. The first kappa shape index (κ1) is 22.0. The van der Waals surface area contributed by atoms with Crippen molar-refractivity contribution in [2.24, 2.45) is 12.0 Å². The summed E-state index contributed by atoms with van der Waals surface area (Å²) in [5, 5.41) is 12.7. The number of benzene rings is 1. The molecule has 28 heavy (non-hydrogen) atoms. The maximum atomic E-state index is 12.3. The standard InChI is InChI=1S/C19H26N6O2.HI/c1-3-20-19(22-14-15-4-6-16(26)7-5-15)25-12-10-24(11-13-25)17-18(27)23(2)9-8-21-17;/h4-9,26H,3,10-14H2,1-2H3,(H,20,22);1H. The lowest BCUT2D eigenvalue weighted by Gasteiger charge is -2.36. The van der Waals surface area contributed by atoms with E-state index < -0.39 is 0 Å². The number of hydrogen-bond donors (Lipinski definition) is 2. The summed E-state index contributed by atoms with van der Waals surface area (Å²) in [5.41, 5.74) is 0.970. The lowest BCUT2D eigenvalue weighted by Crippen LogP contribution is -2.53. The molecule has 0 aliphatic carbocycles. The Labute approximate surface area is 181 Å². The molecule has 1 aliphatic heterocycles. The average molecular weight is 498 g/mol. The zero-order chi connectivity index (χ0) is 19.2. The van der Waals surface area contributed by atoms with Crippen LogP contribution in [0.15, 0.2) is 46.4 Å². The van der Waals surface area contributed by atoms with Crippen LogP contribution < -0.4 is 15.8 Å². The molecule has 152 valence electrons. The van der Waals surface area contributed by atoms with Gasteiger partial charge in [0.1, 0.15) is 5.75 Å². The smallest absolute Gasteiger partial charge is 0.293 e. The monoisotopic (exact) mass is 498 g/mol. The highest BCUT2D eigenvalue weighted by molar-refractivity contribution is 14.0. The molecule has 0 radical (unpaired) electrons. The third kappa shape index (κ3) is 5.37. The van der Waals surface area contributed by atoms with E-state index in [0.29, 0.717) is 12.4 Å². The first-order chi connectivity index (χ1) is 13.1. The highest BCUT2D eigenvalue weighted by atomic mass is 127. The summed E-state index contributed by atoms with van der Waals surface area (Å²) in [5.74, 6) is 1.62. The molecule has 0 saturated carbocycles. The van der Waals surface area contributed by atoms with Gasteiger partial charge in [-0.15, -0.1) is 24.0 Å². The summed E-state index contributed by atoms with van der Waals surface area (Å²) in [4.78, 5) is 25.5. The highest BCUT2D eigenvalue weighted by Crippen LogP contribution is 2.12. The maximum Gasteiger partial charge on any atom is 0.293 e. The van der Waals surface area contributed by atoms with Gasteiger partial charge in [0.05, 0.1) is 6.54 Å². The molecular formula is C19H27IN6O2. The van der Waals surface area contributed by atoms with E-state index >= 15 is 0 Å². The van der Waals surface area contributed by atoms with Crippen LogP contribution in [-0.4, -0.2) is 58.2 Å². The molecular weight excluding hydrogens is 471 g/mol. The van der Waals surface area contributed by atoms with Crippen LogP contribution in [-0.2, 0) is 13.6 Å². The minimum Gasteiger partial charge on any atom is -0.508 e. The minimum atomic E-state index is -0.0705. The normalized spacial score (nSPS) is 14.6. The van der Waals surface area contributed by atoms with Gasteiger partial charge in [-0.05, 0) is 24.6 Å². The quantitative estimate of drug-likeness (QED) is 0.377. The number of rotatable bonds is 4. The Hall–Kier alpha value is -2.30. The second kappa shape index (κ2) is 10.3. The molecule has 1 aromatic carbocycles. The molecule has 8 nitrogen and oxygen atoms in total. The van der Waals surface area contributed by atoms with Gasteiger partial charge < -0.3 is 24.8 Å². The maximum absolute atomic E-state index is 12.3. The molecule has 0 atom stereocenters. The third-order valence-corrected chi connectivity index (χ3v) is 4.56. The van der Waals surface area contributed by atoms with Gasteiger partial charge in [0, 0.05) is 52.2 Å². The van der Waals surface area contributed by atoms with Crippen LogP contribution in [0.25, 0.3) is 0 Å². The van der Waals surface area contributed by atoms with E-state index in [-0.39, 0.29) is 35.3 Å². The van der Waals surface area contributed by atoms with Crippen LogP contribution >= 0.6 is 24.0 Å². The molecule has 9 heteroatoms. The molecule has 0 amide bonds. The van der Waals surface area contributed by atoms with Gasteiger partial charge in [-0.3, -0.25) is 4.79 Å². The van der Waals surface area contributed by atoms with Crippen LogP contribution in [0.1, 0.15) is 12.5 Å². The summed E-state index contributed by atoms with van der Waals surface area (Å²) in [6.07, 6.45) is 3.33. The van der Waals surface area contributed by atoms with E-state index in [1.807, 2.05) is 24.0 Å². The van der Waals surface area contributed by atoms with Crippen LogP contribution in [0, 0.1) is 0 Å². The van der Waals surface area contributed by atoms with Gasteiger partial charge in [0.15, 0.2) is 11.8 Å².